The van der Waals surface area contributed by atoms with Gasteiger partial charge in [-0.3, -0.25) is 9.69 Å². The Morgan fingerprint density at radius 3 is 2.35 bits per heavy atom. The summed E-state index contributed by atoms with van der Waals surface area (Å²) in [5.41, 5.74) is 4.26. The van der Waals surface area contributed by atoms with Crippen LogP contribution in [0.1, 0.15) is 32.6 Å². The predicted octanol–water partition coefficient (Wildman–Crippen LogP) is 4.74. The molecule has 0 unspecified atom stereocenters. The molecule has 1 aliphatic heterocycles. The summed E-state index contributed by atoms with van der Waals surface area (Å²) in [5, 5.41) is 2.80. The zero-order valence-corrected chi connectivity index (χ0v) is 20.6. The van der Waals surface area contributed by atoms with Gasteiger partial charge in [-0.15, -0.1) is 11.3 Å². The van der Waals surface area contributed by atoms with Crippen molar-refractivity contribution >= 4 is 34.6 Å². The molecule has 0 spiro atoms. The fourth-order valence-electron chi connectivity index (χ4n) is 4.13. The number of ether oxygens (including phenoxy) is 1. The molecule has 0 aliphatic carbocycles. The molecule has 2 aromatic carbocycles. The number of aryl methyl sites for hydroxylation is 2. The molecule has 1 saturated heterocycles. The molecule has 1 aromatic heterocycles. The fourth-order valence-corrected chi connectivity index (χ4v) is 5.14. The van der Waals surface area contributed by atoms with Crippen LogP contribution in [-0.4, -0.2) is 49.6 Å². The molecule has 7 heteroatoms. The molecule has 178 valence electrons. The van der Waals surface area contributed by atoms with Crippen LogP contribution >= 0.6 is 11.3 Å². The Kier molecular flexibility index (Phi) is 7.98. The summed E-state index contributed by atoms with van der Waals surface area (Å²) in [6.07, 6.45) is 0.879. The lowest BCUT2D eigenvalue weighted by Gasteiger charge is -2.36. The van der Waals surface area contributed by atoms with Gasteiger partial charge in [0.1, 0.15) is 4.88 Å². The van der Waals surface area contributed by atoms with Gasteiger partial charge in [0.05, 0.1) is 0 Å². The summed E-state index contributed by atoms with van der Waals surface area (Å²) in [5.74, 6) is -0.802. The van der Waals surface area contributed by atoms with Crippen molar-refractivity contribution < 1.29 is 14.3 Å². The highest BCUT2D eigenvalue weighted by molar-refractivity contribution is 7.14. The molecule has 1 N–H and O–H groups in total. The van der Waals surface area contributed by atoms with Gasteiger partial charge in [-0.2, -0.15) is 0 Å². The highest BCUT2D eigenvalue weighted by Gasteiger charge is 2.18. The van der Waals surface area contributed by atoms with Crippen LogP contribution in [0.25, 0.3) is 0 Å². The minimum Gasteiger partial charge on any atom is -0.451 e. The zero-order chi connectivity index (χ0) is 23.9. The molecule has 0 bridgehead atoms. The van der Waals surface area contributed by atoms with Crippen LogP contribution in [0, 0.1) is 6.92 Å². The van der Waals surface area contributed by atoms with E-state index in [4.69, 9.17) is 4.74 Å². The Labute approximate surface area is 205 Å². The molecule has 34 heavy (non-hydrogen) atoms. The number of nitrogens with one attached hydrogen (secondary N) is 1. The van der Waals surface area contributed by atoms with E-state index < -0.39 is 5.97 Å². The summed E-state index contributed by atoms with van der Waals surface area (Å²) >= 11 is 1.42. The van der Waals surface area contributed by atoms with E-state index in [0.29, 0.717) is 10.6 Å². The summed E-state index contributed by atoms with van der Waals surface area (Å²) < 4.78 is 5.19. The van der Waals surface area contributed by atoms with Gasteiger partial charge in [-0.05, 0) is 54.8 Å². The maximum atomic E-state index is 12.2. The Morgan fingerprint density at radius 2 is 1.71 bits per heavy atom. The van der Waals surface area contributed by atoms with Gasteiger partial charge in [0.25, 0.3) is 5.91 Å². The van der Waals surface area contributed by atoms with Gasteiger partial charge in [0, 0.05) is 49.0 Å². The van der Waals surface area contributed by atoms with E-state index in [9.17, 15) is 9.59 Å². The lowest BCUT2D eigenvalue weighted by atomic mass is 10.2. The molecule has 0 saturated carbocycles. The van der Waals surface area contributed by atoms with Crippen LogP contribution in [0.4, 0.5) is 11.4 Å². The largest absolute Gasteiger partial charge is 0.451 e. The number of thiophene rings is 1. The molecule has 6 nitrogen and oxygen atoms in total. The second kappa shape index (κ2) is 11.3. The third kappa shape index (κ3) is 6.24. The van der Waals surface area contributed by atoms with E-state index in [1.807, 2.05) is 43.3 Å². The summed E-state index contributed by atoms with van der Waals surface area (Å²) in [4.78, 5) is 31.0. The van der Waals surface area contributed by atoms with Gasteiger partial charge in [0.2, 0.25) is 0 Å². The minimum atomic E-state index is -0.454. The van der Waals surface area contributed by atoms with Gasteiger partial charge in [-0.1, -0.05) is 37.3 Å². The van der Waals surface area contributed by atoms with Crippen molar-refractivity contribution in [2.45, 2.75) is 26.8 Å². The first-order valence-electron chi connectivity index (χ1n) is 11.7. The van der Waals surface area contributed by atoms with E-state index in [1.54, 1.807) is 0 Å². The molecule has 1 aliphatic rings. The second-order valence-electron chi connectivity index (χ2n) is 8.49. The highest BCUT2D eigenvalue weighted by Crippen LogP contribution is 2.23. The Balaban J connectivity index is 1.22. The number of carbonyl (C=O) groups is 2. The number of hydrogen-bond acceptors (Lipinski definition) is 6. The third-order valence-electron chi connectivity index (χ3n) is 6.01. The Morgan fingerprint density at radius 1 is 1.00 bits per heavy atom. The third-order valence-corrected chi connectivity index (χ3v) is 7.38. The van der Waals surface area contributed by atoms with E-state index in [2.05, 4.69) is 46.3 Å². The van der Waals surface area contributed by atoms with E-state index in [1.165, 1.54) is 16.9 Å². The van der Waals surface area contributed by atoms with Gasteiger partial charge in [0.15, 0.2) is 6.61 Å². The molecule has 4 rings (SSSR count). The number of rotatable bonds is 8. The lowest BCUT2D eigenvalue weighted by Crippen LogP contribution is -2.45. The van der Waals surface area contributed by atoms with Crippen LogP contribution in [0.15, 0.2) is 60.7 Å². The Bertz CT molecular complexity index is 1100. The van der Waals surface area contributed by atoms with Gasteiger partial charge < -0.3 is 15.0 Å². The molecule has 3 aromatic rings. The highest BCUT2D eigenvalue weighted by atomic mass is 32.1. The first kappa shape index (κ1) is 24.0. The predicted molar refractivity (Wildman–Crippen MR) is 138 cm³/mol. The van der Waals surface area contributed by atoms with Crippen molar-refractivity contribution in [2.24, 2.45) is 0 Å². The number of nitrogens with zero attached hydrogens (tertiary/aromatic N) is 2. The van der Waals surface area contributed by atoms with Crippen molar-refractivity contribution in [3.8, 4) is 0 Å². The van der Waals surface area contributed by atoms with E-state index in [-0.39, 0.29) is 12.5 Å². The first-order chi connectivity index (χ1) is 16.5. The molecule has 2 heterocycles. The SMILES string of the molecule is CCc1sc(C(=O)OCC(=O)Nc2ccc(N3CCN(Cc4ccccc4)CC3)cc2)cc1C. The van der Waals surface area contributed by atoms with Crippen LogP contribution in [0.5, 0.6) is 0 Å². The van der Waals surface area contributed by atoms with Gasteiger partial charge >= 0.3 is 5.97 Å². The van der Waals surface area contributed by atoms with Crippen LogP contribution in [0.2, 0.25) is 0 Å². The normalized spacial score (nSPS) is 14.1. The van der Waals surface area contributed by atoms with Gasteiger partial charge in [-0.25, -0.2) is 4.79 Å². The molecule has 0 atom stereocenters. The fraction of sp³-hybridized carbons (Fsp3) is 0.333. The summed E-state index contributed by atoms with van der Waals surface area (Å²) in [7, 11) is 0. The second-order valence-corrected chi connectivity index (χ2v) is 9.63. The van der Waals surface area contributed by atoms with Crippen molar-refractivity contribution in [2.75, 3.05) is 43.0 Å². The number of anilines is 2. The molecule has 0 radical (unpaired) electrons. The summed E-state index contributed by atoms with van der Waals surface area (Å²) in [6, 6.07) is 20.2. The zero-order valence-electron chi connectivity index (χ0n) is 19.8. The number of esters is 1. The molecule has 1 fully saturated rings. The number of piperazine rings is 1. The number of amides is 1. The van der Waals surface area contributed by atoms with Crippen LogP contribution < -0.4 is 10.2 Å². The smallest absolute Gasteiger partial charge is 0.348 e. The van der Waals surface area contributed by atoms with Crippen molar-refractivity contribution in [3.63, 3.8) is 0 Å². The number of carbonyl (C=O) groups excluding carboxylic acids is 2. The molecular weight excluding hydrogens is 446 g/mol. The Hall–Kier alpha value is -3.16. The first-order valence-corrected chi connectivity index (χ1v) is 12.5. The van der Waals surface area contributed by atoms with Crippen molar-refractivity contribution in [3.05, 3.63) is 81.5 Å². The van der Waals surface area contributed by atoms with Crippen molar-refractivity contribution in [1.29, 1.82) is 0 Å². The number of benzene rings is 2. The quantitative estimate of drug-likeness (QED) is 0.475. The standard InChI is InChI=1S/C27H31N3O3S/c1-3-24-20(2)17-25(34-24)27(32)33-19-26(31)28-22-9-11-23(12-10-22)30-15-13-29(14-16-30)18-21-7-5-4-6-8-21/h4-12,17H,3,13-16,18-19H2,1-2H3,(H,28,31). The van der Waals surface area contributed by atoms with E-state index in [0.717, 1.165) is 55.3 Å². The average Bonchev–Trinajstić information content (AvgIpc) is 3.25. The minimum absolute atomic E-state index is 0.303. The topological polar surface area (TPSA) is 61.9 Å². The monoisotopic (exact) mass is 477 g/mol. The van der Waals surface area contributed by atoms with Crippen LogP contribution in [0.3, 0.4) is 0 Å². The van der Waals surface area contributed by atoms with Crippen molar-refractivity contribution in [1.82, 2.24) is 4.90 Å². The maximum absolute atomic E-state index is 12.2. The average molecular weight is 478 g/mol. The maximum Gasteiger partial charge on any atom is 0.348 e. The molecule has 1 amide bonds. The number of hydrogen-bond donors (Lipinski definition) is 1. The summed E-state index contributed by atoms with van der Waals surface area (Å²) in [6.45, 7) is 8.68. The molecular formula is C27H31N3O3S. The van der Waals surface area contributed by atoms with Crippen LogP contribution in [-0.2, 0) is 22.5 Å². The lowest BCUT2D eigenvalue weighted by molar-refractivity contribution is -0.119. The van der Waals surface area contributed by atoms with E-state index >= 15 is 0 Å².